The first kappa shape index (κ1) is 15.1. The molecule has 6 heteroatoms. The smallest absolute Gasteiger partial charge is 0.150 e. The van der Waals surface area contributed by atoms with E-state index < -0.39 is 11.6 Å². The zero-order valence-electron chi connectivity index (χ0n) is 11.3. The normalized spacial score (nSPS) is 12.9. The number of nitrogens with two attached hydrogens (primary N) is 1. The Balaban J connectivity index is 2.55. The molecule has 0 fully saturated rings. The SMILES string of the molecule is CC(C)C(CN)c1cncn1-c1cc(Br)c(F)cc1F. The van der Waals surface area contributed by atoms with E-state index >= 15 is 0 Å². The summed E-state index contributed by atoms with van der Waals surface area (Å²) in [6.07, 6.45) is 3.19. The maximum atomic E-state index is 14.0. The molecule has 2 rings (SSSR count). The Morgan fingerprint density at radius 1 is 1.30 bits per heavy atom. The number of imidazole rings is 1. The number of aromatic nitrogens is 2. The average molecular weight is 344 g/mol. The molecule has 1 aromatic carbocycles. The van der Waals surface area contributed by atoms with Crippen LogP contribution in [0.25, 0.3) is 5.69 Å². The van der Waals surface area contributed by atoms with Gasteiger partial charge in [0.2, 0.25) is 0 Å². The number of halogens is 3. The van der Waals surface area contributed by atoms with Crippen LogP contribution in [0.3, 0.4) is 0 Å². The topological polar surface area (TPSA) is 43.8 Å². The van der Waals surface area contributed by atoms with Crippen molar-refractivity contribution >= 4 is 15.9 Å². The van der Waals surface area contributed by atoms with Crippen LogP contribution in [0, 0.1) is 17.6 Å². The molecular weight excluding hydrogens is 328 g/mol. The molecule has 1 unspecified atom stereocenters. The average Bonchev–Trinajstić information content (AvgIpc) is 2.83. The molecule has 0 aliphatic rings. The second kappa shape index (κ2) is 6.01. The van der Waals surface area contributed by atoms with Gasteiger partial charge in [-0.05, 0) is 27.9 Å². The minimum absolute atomic E-state index is 0.0562. The van der Waals surface area contributed by atoms with E-state index in [-0.39, 0.29) is 16.1 Å². The largest absolute Gasteiger partial charge is 0.330 e. The van der Waals surface area contributed by atoms with Gasteiger partial charge in [0.1, 0.15) is 11.6 Å². The highest BCUT2D eigenvalue weighted by Gasteiger charge is 2.21. The van der Waals surface area contributed by atoms with Crippen molar-refractivity contribution in [2.24, 2.45) is 11.7 Å². The highest BCUT2D eigenvalue weighted by molar-refractivity contribution is 9.10. The third kappa shape index (κ3) is 2.76. The molecule has 0 bridgehead atoms. The summed E-state index contributed by atoms with van der Waals surface area (Å²) in [6, 6.07) is 2.26. The minimum Gasteiger partial charge on any atom is -0.330 e. The molecule has 0 radical (unpaired) electrons. The van der Waals surface area contributed by atoms with Crippen LogP contribution in [-0.2, 0) is 0 Å². The number of hydrogen-bond acceptors (Lipinski definition) is 2. The molecule has 0 spiro atoms. The lowest BCUT2D eigenvalue weighted by Crippen LogP contribution is -2.20. The van der Waals surface area contributed by atoms with Gasteiger partial charge in [0.15, 0.2) is 0 Å². The Labute approximate surface area is 124 Å². The third-order valence-electron chi connectivity index (χ3n) is 3.35. The predicted molar refractivity (Wildman–Crippen MR) is 77.8 cm³/mol. The number of rotatable bonds is 4. The molecule has 3 nitrogen and oxygen atoms in total. The van der Waals surface area contributed by atoms with Crippen molar-refractivity contribution in [3.8, 4) is 5.69 Å². The van der Waals surface area contributed by atoms with Crippen LogP contribution in [0.2, 0.25) is 0 Å². The maximum absolute atomic E-state index is 14.0. The monoisotopic (exact) mass is 343 g/mol. The summed E-state index contributed by atoms with van der Waals surface area (Å²) in [5.41, 5.74) is 6.87. The molecule has 1 heterocycles. The highest BCUT2D eigenvalue weighted by Crippen LogP contribution is 2.28. The van der Waals surface area contributed by atoms with E-state index in [2.05, 4.69) is 20.9 Å². The standard InChI is InChI=1S/C14H16BrF2N3/c1-8(2)9(5-18)14-6-19-7-20(14)13-3-10(15)11(16)4-12(13)17/h3-4,6-9H,5,18H2,1-2H3. The van der Waals surface area contributed by atoms with E-state index in [4.69, 9.17) is 5.73 Å². The zero-order valence-corrected chi connectivity index (χ0v) is 12.9. The summed E-state index contributed by atoms with van der Waals surface area (Å²) in [6.45, 7) is 4.53. The summed E-state index contributed by atoms with van der Waals surface area (Å²) < 4.78 is 29.2. The fourth-order valence-corrected chi connectivity index (χ4v) is 2.54. The first-order valence-corrected chi connectivity index (χ1v) is 7.12. The van der Waals surface area contributed by atoms with Gasteiger partial charge in [0.25, 0.3) is 0 Å². The molecule has 0 saturated carbocycles. The van der Waals surface area contributed by atoms with Crippen LogP contribution in [-0.4, -0.2) is 16.1 Å². The van der Waals surface area contributed by atoms with Crippen LogP contribution < -0.4 is 5.73 Å². The lowest BCUT2D eigenvalue weighted by molar-refractivity contribution is 0.487. The van der Waals surface area contributed by atoms with Crippen molar-refractivity contribution in [1.82, 2.24) is 9.55 Å². The quantitative estimate of drug-likeness (QED) is 0.861. The first-order chi connectivity index (χ1) is 9.45. The minimum atomic E-state index is -0.635. The molecule has 1 aromatic heterocycles. The Morgan fingerprint density at radius 2 is 2.00 bits per heavy atom. The van der Waals surface area contributed by atoms with Crippen molar-refractivity contribution in [2.45, 2.75) is 19.8 Å². The lowest BCUT2D eigenvalue weighted by Gasteiger charge is -2.21. The van der Waals surface area contributed by atoms with E-state index in [1.54, 1.807) is 10.8 Å². The molecule has 1 atom stereocenters. The van der Waals surface area contributed by atoms with E-state index in [1.807, 2.05) is 13.8 Å². The molecule has 20 heavy (non-hydrogen) atoms. The Bertz CT molecular complexity index is 610. The van der Waals surface area contributed by atoms with E-state index in [1.165, 1.54) is 12.4 Å². The van der Waals surface area contributed by atoms with E-state index in [9.17, 15) is 8.78 Å². The Kier molecular flexibility index (Phi) is 4.55. The number of benzene rings is 1. The van der Waals surface area contributed by atoms with E-state index in [0.29, 0.717) is 12.5 Å². The summed E-state index contributed by atoms with van der Waals surface area (Å²) in [5, 5.41) is 0. The summed E-state index contributed by atoms with van der Waals surface area (Å²) in [5.74, 6) is -0.917. The van der Waals surface area contributed by atoms with Gasteiger partial charge < -0.3 is 5.73 Å². The third-order valence-corrected chi connectivity index (χ3v) is 3.96. The van der Waals surface area contributed by atoms with Crippen molar-refractivity contribution in [3.05, 3.63) is 46.5 Å². The second-order valence-electron chi connectivity index (χ2n) is 4.99. The number of nitrogens with zero attached hydrogens (tertiary/aromatic N) is 2. The van der Waals surface area contributed by atoms with Gasteiger partial charge in [-0.25, -0.2) is 13.8 Å². The van der Waals surface area contributed by atoms with Gasteiger partial charge in [0.05, 0.1) is 16.5 Å². The van der Waals surface area contributed by atoms with Gasteiger partial charge in [-0.1, -0.05) is 13.8 Å². The Hall–Kier alpha value is -1.27. The van der Waals surface area contributed by atoms with Gasteiger partial charge in [0, 0.05) is 30.4 Å². The molecule has 108 valence electrons. The molecule has 2 aromatic rings. The number of hydrogen-bond donors (Lipinski definition) is 1. The van der Waals surface area contributed by atoms with Crippen molar-refractivity contribution in [1.29, 1.82) is 0 Å². The fraction of sp³-hybridized carbons (Fsp3) is 0.357. The van der Waals surface area contributed by atoms with Crippen LogP contribution in [0.5, 0.6) is 0 Å². The van der Waals surface area contributed by atoms with Crippen molar-refractivity contribution in [2.75, 3.05) is 6.54 Å². The van der Waals surface area contributed by atoms with Crippen LogP contribution in [0.4, 0.5) is 8.78 Å². The van der Waals surface area contributed by atoms with Gasteiger partial charge in [-0.15, -0.1) is 0 Å². The van der Waals surface area contributed by atoms with Gasteiger partial charge in [-0.2, -0.15) is 0 Å². The zero-order chi connectivity index (χ0) is 14.9. The van der Waals surface area contributed by atoms with Crippen LogP contribution >= 0.6 is 15.9 Å². The van der Waals surface area contributed by atoms with Crippen LogP contribution in [0.15, 0.2) is 29.1 Å². The first-order valence-electron chi connectivity index (χ1n) is 6.33. The van der Waals surface area contributed by atoms with Crippen LogP contribution in [0.1, 0.15) is 25.5 Å². The maximum Gasteiger partial charge on any atom is 0.150 e. The summed E-state index contributed by atoms with van der Waals surface area (Å²) in [7, 11) is 0. The summed E-state index contributed by atoms with van der Waals surface area (Å²) >= 11 is 3.07. The molecule has 0 aliphatic heterocycles. The predicted octanol–water partition coefficient (Wildman–Crippen LogP) is 3.61. The van der Waals surface area contributed by atoms with E-state index in [0.717, 1.165) is 11.8 Å². The molecule has 0 amide bonds. The van der Waals surface area contributed by atoms with Crippen molar-refractivity contribution < 1.29 is 8.78 Å². The molecule has 0 saturated heterocycles. The highest BCUT2D eigenvalue weighted by atomic mass is 79.9. The molecular formula is C14H16BrF2N3. The van der Waals surface area contributed by atoms with Gasteiger partial charge in [-0.3, -0.25) is 4.57 Å². The fourth-order valence-electron chi connectivity index (χ4n) is 2.21. The Morgan fingerprint density at radius 3 is 2.60 bits per heavy atom. The molecule has 0 aliphatic carbocycles. The second-order valence-corrected chi connectivity index (χ2v) is 5.85. The van der Waals surface area contributed by atoms with Crippen molar-refractivity contribution in [3.63, 3.8) is 0 Å². The summed E-state index contributed by atoms with van der Waals surface area (Å²) in [4.78, 5) is 4.07. The molecule has 2 N–H and O–H groups in total. The van der Waals surface area contributed by atoms with Gasteiger partial charge >= 0.3 is 0 Å². The lowest BCUT2D eigenvalue weighted by atomic mass is 9.93.